The van der Waals surface area contributed by atoms with Crippen molar-refractivity contribution in [1.82, 2.24) is 14.8 Å². The Morgan fingerprint density at radius 1 is 1.33 bits per heavy atom. The molecule has 2 aliphatic rings. The van der Waals surface area contributed by atoms with Crippen LogP contribution in [0.2, 0.25) is 0 Å². The molecule has 1 aromatic heterocycles. The van der Waals surface area contributed by atoms with E-state index in [0.29, 0.717) is 25.6 Å². The van der Waals surface area contributed by atoms with Crippen molar-refractivity contribution in [2.75, 3.05) is 13.1 Å². The maximum absolute atomic E-state index is 13.8. The molecule has 0 saturated heterocycles. The number of rotatable bonds is 4. The molecule has 0 spiro atoms. The van der Waals surface area contributed by atoms with Gasteiger partial charge in [0.05, 0.1) is 11.7 Å². The Morgan fingerprint density at radius 2 is 2.07 bits per heavy atom. The van der Waals surface area contributed by atoms with Crippen LogP contribution in [-0.2, 0) is 6.54 Å². The topological polar surface area (TPSA) is 118 Å². The van der Waals surface area contributed by atoms with Crippen LogP contribution in [0.25, 0.3) is 0 Å². The van der Waals surface area contributed by atoms with Crippen molar-refractivity contribution < 1.29 is 23.5 Å². The fourth-order valence-electron chi connectivity index (χ4n) is 4.22. The number of nitrogens with one attached hydrogen (secondary N) is 1. The number of aromatic nitrogens is 1. The van der Waals surface area contributed by atoms with Crippen LogP contribution in [0.4, 0.5) is 8.78 Å². The Morgan fingerprint density at radius 3 is 2.73 bits per heavy atom. The van der Waals surface area contributed by atoms with E-state index in [1.807, 2.05) is 0 Å². The van der Waals surface area contributed by atoms with Gasteiger partial charge in [0.15, 0.2) is 11.4 Å². The number of nitrogens with two attached hydrogens (primary N) is 1. The van der Waals surface area contributed by atoms with Crippen molar-refractivity contribution in [3.05, 3.63) is 62.6 Å². The summed E-state index contributed by atoms with van der Waals surface area (Å²) in [6.45, 7) is 2.24. The molecule has 2 amide bonds. The molecule has 1 aromatic carbocycles. The van der Waals surface area contributed by atoms with Gasteiger partial charge in [0, 0.05) is 37.3 Å². The largest absolute Gasteiger partial charge is 0.503 e. The summed E-state index contributed by atoms with van der Waals surface area (Å²) >= 11 is 0. The molecule has 10 heteroatoms. The van der Waals surface area contributed by atoms with E-state index in [-0.39, 0.29) is 35.1 Å². The van der Waals surface area contributed by atoms with Gasteiger partial charge >= 0.3 is 0 Å². The standard InChI is InChI=1S/C20H20F2N4O4/c1-2-25-8-11-6-13(23)15-14(17(27)18(28)16(20(25)30)26(11)15)19(29)24-7-9-3-4-10(21)5-12(9)22/h3-5,11,13,28H,2,6-8,23H2,1H3,(H,24,29)/t11-,13-/m1/s1. The Balaban J connectivity index is 1.75. The van der Waals surface area contributed by atoms with Gasteiger partial charge in [0.1, 0.15) is 17.2 Å². The second kappa shape index (κ2) is 7.21. The molecule has 0 saturated carbocycles. The summed E-state index contributed by atoms with van der Waals surface area (Å²) in [5.41, 5.74) is 4.86. The molecule has 30 heavy (non-hydrogen) atoms. The van der Waals surface area contributed by atoms with Crippen LogP contribution in [0.5, 0.6) is 5.75 Å². The maximum Gasteiger partial charge on any atom is 0.274 e. The molecular formula is C20H20F2N4O4. The third-order valence-electron chi connectivity index (χ3n) is 5.65. The van der Waals surface area contributed by atoms with E-state index in [1.165, 1.54) is 15.5 Å². The predicted molar refractivity (Wildman–Crippen MR) is 102 cm³/mol. The van der Waals surface area contributed by atoms with Crippen LogP contribution in [0.15, 0.2) is 23.0 Å². The van der Waals surface area contributed by atoms with Crippen molar-refractivity contribution >= 4 is 11.8 Å². The summed E-state index contributed by atoms with van der Waals surface area (Å²) in [6, 6.07) is 1.97. The first-order valence-corrected chi connectivity index (χ1v) is 9.52. The molecule has 0 radical (unpaired) electrons. The molecule has 0 aliphatic carbocycles. The first-order chi connectivity index (χ1) is 14.2. The average molecular weight is 418 g/mol. The van der Waals surface area contributed by atoms with Gasteiger partial charge in [-0.1, -0.05) is 6.07 Å². The van der Waals surface area contributed by atoms with Crippen LogP contribution in [0.1, 0.15) is 57.5 Å². The summed E-state index contributed by atoms with van der Waals surface area (Å²) in [5, 5.41) is 12.9. The number of amides is 2. The number of pyridine rings is 1. The van der Waals surface area contributed by atoms with E-state index < -0.39 is 40.7 Å². The number of carbonyl (C=O) groups is 2. The molecule has 0 bridgehead atoms. The lowest BCUT2D eigenvalue weighted by Gasteiger charge is -2.33. The summed E-state index contributed by atoms with van der Waals surface area (Å²) in [4.78, 5) is 39.8. The highest BCUT2D eigenvalue weighted by Gasteiger charge is 2.43. The normalized spacial score (nSPS) is 19.7. The van der Waals surface area contributed by atoms with Crippen molar-refractivity contribution in [1.29, 1.82) is 0 Å². The highest BCUT2D eigenvalue weighted by molar-refractivity contribution is 6.00. The zero-order valence-electron chi connectivity index (χ0n) is 16.1. The van der Waals surface area contributed by atoms with Crippen molar-refractivity contribution in [3.63, 3.8) is 0 Å². The third kappa shape index (κ3) is 2.95. The van der Waals surface area contributed by atoms with Crippen LogP contribution in [-0.4, -0.2) is 39.5 Å². The molecule has 8 nitrogen and oxygen atoms in total. The van der Waals surface area contributed by atoms with Gasteiger partial charge in [-0.2, -0.15) is 0 Å². The molecular weight excluding hydrogens is 398 g/mol. The Kier molecular flexibility index (Phi) is 4.81. The van der Waals surface area contributed by atoms with E-state index >= 15 is 0 Å². The van der Waals surface area contributed by atoms with Gasteiger partial charge < -0.3 is 25.6 Å². The quantitative estimate of drug-likeness (QED) is 0.689. The highest BCUT2D eigenvalue weighted by atomic mass is 19.1. The minimum Gasteiger partial charge on any atom is -0.503 e. The molecule has 158 valence electrons. The van der Waals surface area contributed by atoms with Crippen molar-refractivity contribution in [2.24, 2.45) is 5.73 Å². The average Bonchev–Trinajstić information content (AvgIpc) is 3.02. The van der Waals surface area contributed by atoms with Gasteiger partial charge in [-0.25, -0.2) is 8.78 Å². The van der Waals surface area contributed by atoms with Crippen LogP contribution in [0.3, 0.4) is 0 Å². The molecule has 0 unspecified atom stereocenters. The molecule has 2 aliphatic heterocycles. The maximum atomic E-state index is 13.8. The summed E-state index contributed by atoms with van der Waals surface area (Å²) in [7, 11) is 0. The van der Waals surface area contributed by atoms with Crippen molar-refractivity contribution in [2.45, 2.75) is 32.0 Å². The van der Waals surface area contributed by atoms with Crippen molar-refractivity contribution in [3.8, 4) is 5.75 Å². The lowest BCUT2D eigenvalue weighted by Crippen LogP contribution is -2.44. The Labute approximate surface area is 169 Å². The fourth-order valence-corrected chi connectivity index (χ4v) is 4.22. The molecule has 4 N–H and O–H groups in total. The van der Waals surface area contributed by atoms with E-state index in [4.69, 9.17) is 5.73 Å². The predicted octanol–water partition coefficient (Wildman–Crippen LogP) is 1.18. The minimum absolute atomic E-state index is 0.0272. The highest BCUT2D eigenvalue weighted by Crippen LogP contribution is 2.40. The monoisotopic (exact) mass is 418 g/mol. The van der Waals surface area contributed by atoms with E-state index in [2.05, 4.69) is 5.32 Å². The zero-order valence-corrected chi connectivity index (χ0v) is 16.1. The summed E-state index contributed by atoms with van der Waals surface area (Å²) < 4.78 is 28.4. The van der Waals surface area contributed by atoms with E-state index in [1.54, 1.807) is 6.92 Å². The third-order valence-corrected chi connectivity index (χ3v) is 5.65. The van der Waals surface area contributed by atoms with E-state index in [0.717, 1.165) is 6.07 Å². The van der Waals surface area contributed by atoms with E-state index in [9.17, 15) is 28.3 Å². The van der Waals surface area contributed by atoms with Gasteiger partial charge in [0.25, 0.3) is 11.8 Å². The second-order valence-corrected chi connectivity index (χ2v) is 7.41. The van der Waals surface area contributed by atoms with Gasteiger partial charge in [-0.05, 0) is 19.4 Å². The lowest BCUT2D eigenvalue weighted by molar-refractivity contribution is 0.0675. The van der Waals surface area contributed by atoms with Gasteiger partial charge in [-0.3, -0.25) is 14.4 Å². The Hall–Kier alpha value is -3.27. The number of benzene rings is 1. The molecule has 3 heterocycles. The number of likely N-dealkylation sites (N-methyl/N-ethyl adjacent to an activating group) is 1. The first kappa shape index (κ1) is 20.0. The number of hydrogen-bond donors (Lipinski definition) is 3. The Bertz CT molecular complexity index is 1130. The van der Waals surface area contributed by atoms with Crippen LogP contribution >= 0.6 is 0 Å². The first-order valence-electron chi connectivity index (χ1n) is 9.52. The number of nitrogens with zero attached hydrogens (tertiary/aromatic N) is 2. The number of halogens is 2. The number of aromatic hydroxyl groups is 1. The summed E-state index contributed by atoms with van der Waals surface area (Å²) in [6.07, 6.45) is 0.395. The van der Waals surface area contributed by atoms with Gasteiger partial charge in [-0.15, -0.1) is 0 Å². The fraction of sp³-hybridized carbons (Fsp3) is 0.350. The van der Waals surface area contributed by atoms with Crippen LogP contribution in [0, 0.1) is 11.6 Å². The number of carbonyl (C=O) groups excluding carboxylic acids is 2. The molecule has 2 atom stereocenters. The molecule has 2 aromatic rings. The van der Waals surface area contributed by atoms with Crippen LogP contribution < -0.4 is 16.5 Å². The minimum atomic E-state index is -1.00. The zero-order chi connectivity index (χ0) is 21.7. The summed E-state index contributed by atoms with van der Waals surface area (Å²) in [5.74, 6) is -3.76. The molecule has 4 rings (SSSR count). The van der Waals surface area contributed by atoms with Gasteiger partial charge in [0.2, 0.25) is 5.43 Å². The second-order valence-electron chi connectivity index (χ2n) is 7.41. The SMILES string of the molecule is CCN1C[C@H]2C[C@@H](N)c3c(C(=O)NCc4ccc(F)cc4F)c(=O)c(O)c(n32)C1=O. The molecule has 0 fully saturated rings. The number of hydrogen-bond acceptors (Lipinski definition) is 5. The smallest absolute Gasteiger partial charge is 0.274 e. The lowest BCUT2D eigenvalue weighted by atomic mass is 10.0.